The van der Waals surface area contributed by atoms with Crippen molar-refractivity contribution >= 4 is 37.3 Å². The Kier molecular flexibility index (Phi) is 4.56. The molecule has 10 heteroatoms. The Hall–Kier alpha value is -0.870. The molecule has 5 N–H and O–H groups in total. The smallest absolute Gasteiger partial charge is 0.242 e. The standard InChI is InChI=1S/C8H12ClN3O4S2/c9-7-5-6(10)1-2-8(7)18(15,16)12-3-4-17(11,13)14/h1-2,5,12H,3-4,10H2,(H2,11,13,14). The molecule has 1 rings (SSSR count). The maximum Gasteiger partial charge on any atom is 0.242 e. The van der Waals surface area contributed by atoms with Crippen molar-refractivity contribution in [1.29, 1.82) is 0 Å². The van der Waals surface area contributed by atoms with E-state index in [1.165, 1.54) is 18.2 Å². The third kappa shape index (κ3) is 4.42. The first kappa shape index (κ1) is 15.2. The number of benzene rings is 1. The number of nitrogen functional groups attached to an aromatic ring is 1. The second-order valence-corrected chi connectivity index (χ2v) is 7.33. The molecule has 18 heavy (non-hydrogen) atoms. The number of nitrogens with two attached hydrogens (primary N) is 2. The molecule has 1 aromatic carbocycles. The van der Waals surface area contributed by atoms with Gasteiger partial charge in [-0.1, -0.05) is 11.6 Å². The van der Waals surface area contributed by atoms with Gasteiger partial charge in [0.25, 0.3) is 0 Å². The number of anilines is 1. The van der Waals surface area contributed by atoms with E-state index in [1.54, 1.807) is 0 Å². The Bertz CT molecular complexity index is 642. The van der Waals surface area contributed by atoms with E-state index >= 15 is 0 Å². The van der Waals surface area contributed by atoms with E-state index in [0.29, 0.717) is 5.69 Å². The molecule has 0 fully saturated rings. The summed E-state index contributed by atoms with van der Waals surface area (Å²) >= 11 is 5.74. The molecule has 0 unspecified atom stereocenters. The molecule has 7 nitrogen and oxygen atoms in total. The van der Waals surface area contributed by atoms with E-state index in [-0.39, 0.29) is 16.5 Å². The second kappa shape index (κ2) is 5.41. The predicted molar refractivity (Wildman–Crippen MR) is 69.0 cm³/mol. The molecule has 0 aliphatic rings. The normalized spacial score (nSPS) is 12.6. The summed E-state index contributed by atoms with van der Waals surface area (Å²) in [6.45, 7) is -0.331. The molecule has 0 aliphatic carbocycles. The van der Waals surface area contributed by atoms with Crippen molar-refractivity contribution in [3.8, 4) is 0 Å². The SMILES string of the molecule is Nc1ccc(S(=O)(=O)NCCS(N)(=O)=O)c(Cl)c1. The maximum atomic E-state index is 11.8. The van der Waals surface area contributed by atoms with E-state index in [4.69, 9.17) is 22.5 Å². The molecule has 0 atom stereocenters. The number of sulfonamides is 2. The quantitative estimate of drug-likeness (QED) is 0.630. The maximum absolute atomic E-state index is 11.8. The number of primary sulfonamides is 1. The molecular formula is C8H12ClN3O4S2. The monoisotopic (exact) mass is 313 g/mol. The van der Waals surface area contributed by atoms with E-state index < -0.39 is 25.8 Å². The molecule has 0 saturated carbocycles. The fourth-order valence-electron chi connectivity index (χ4n) is 1.13. The summed E-state index contributed by atoms with van der Waals surface area (Å²) in [6, 6.07) is 3.90. The molecule has 102 valence electrons. The van der Waals surface area contributed by atoms with Gasteiger partial charge >= 0.3 is 0 Å². The summed E-state index contributed by atoms with van der Waals surface area (Å²) in [4.78, 5) is -0.173. The molecular weight excluding hydrogens is 302 g/mol. The van der Waals surface area contributed by atoms with Gasteiger partial charge in [0.05, 0.1) is 10.8 Å². The van der Waals surface area contributed by atoms with Gasteiger partial charge in [-0.2, -0.15) is 0 Å². The summed E-state index contributed by atoms with van der Waals surface area (Å²) in [5.41, 5.74) is 5.76. The summed E-state index contributed by atoms with van der Waals surface area (Å²) in [5.74, 6) is -0.501. The van der Waals surface area contributed by atoms with Crippen LogP contribution in [0.5, 0.6) is 0 Å². The van der Waals surface area contributed by atoms with Crippen LogP contribution in [0.4, 0.5) is 5.69 Å². The van der Waals surface area contributed by atoms with Crippen molar-refractivity contribution in [2.45, 2.75) is 4.90 Å². The third-order valence-electron chi connectivity index (χ3n) is 1.92. The predicted octanol–water partition coefficient (Wildman–Crippen LogP) is -0.511. The first-order valence-corrected chi connectivity index (χ1v) is 8.25. The van der Waals surface area contributed by atoms with Gasteiger partial charge in [0.15, 0.2) is 0 Å². The fourth-order valence-corrected chi connectivity index (χ4v) is 3.23. The van der Waals surface area contributed by atoms with Gasteiger partial charge in [0, 0.05) is 12.2 Å². The topological polar surface area (TPSA) is 132 Å². The van der Waals surface area contributed by atoms with E-state index in [1.807, 2.05) is 0 Å². The largest absolute Gasteiger partial charge is 0.399 e. The molecule has 0 aliphatic heterocycles. The van der Waals surface area contributed by atoms with Crippen molar-refractivity contribution < 1.29 is 16.8 Å². The second-order valence-electron chi connectivity index (χ2n) is 3.45. The minimum atomic E-state index is -3.89. The number of nitrogens with one attached hydrogen (secondary N) is 1. The van der Waals surface area contributed by atoms with Crippen LogP contribution in [0.15, 0.2) is 23.1 Å². The van der Waals surface area contributed by atoms with E-state index in [9.17, 15) is 16.8 Å². The zero-order valence-corrected chi connectivity index (χ0v) is 11.5. The minimum absolute atomic E-state index is 0.0434. The summed E-state index contributed by atoms with van der Waals surface area (Å²) in [5, 5.41) is 4.70. The number of rotatable bonds is 5. The Morgan fingerprint density at radius 1 is 1.22 bits per heavy atom. The Labute approximate surface area is 110 Å². The molecule has 0 saturated heterocycles. The Morgan fingerprint density at radius 3 is 2.33 bits per heavy atom. The van der Waals surface area contributed by atoms with Crippen LogP contribution in [0.25, 0.3) is 0 Å². The van der Waals surface area contributed by atoms with Crippen LogP contribution in [0.3, 0.4) is 0 Å². The highest BCUT2D eigenvalue weighted by Gasteiger charge is 2.18. The van der Waals surface area contributed by atoms with Crippen molar-refractivity contribution in [2.24, 2.45) is 5.14 Å². The fraction of sp³-hybridized carbons (Fsp3) is 0.250. The van der Waals surface area contributed by atoms with Gasteiger partial charge in [-0.25, -0.2) is 26.7 Å². The van der Waals surface area contributed by atoms with Crippen LogP contribution >= 0.6 is 11.6 Å². The van der Waals surface area contributed by atoms with Gasteiger partial charge in [0.2, 0.25) is 20.0 Å². The van der Waals surface area contributed by atoms with Crippen LogP contribution in [0.2, 0.25) is 5.02 Å². The molecule has 0 bridgehead atoms. The highest BCUT2D eigenvalue weighted by molar-refractivity contribution is 7.90. The average molecular weight is 314 g/mol. The summed E-state index contributed by atoms with van der Waals surface area (Å²) in [6.07, 6.45) is 0. The van der Waals surface area contributed by atoms with E-state index in [0.717, 1.165) is 0 Å². The van der Waals surface area contributed by atoms with Crippen LogP contribution in [-0.2, 0) is 20.0 Å². The summed E-state index contributed by atoms with van der Waals surface area (Å²) in [7, 11) is -7.61. The highest BCUT2D eigenvalue weighted by atomic mass is 35.5. The van der Waals surface area contributed by atoms with Crippen molar-refractivity contribution in [1.82, 2.24) is 4.72 Å². The van der Waals surface area contributed by atoms with Gasteiger partial charge in [-0.15, -0.1) is 0 Å². The zero-order chi connectivity index (χ0) is 14.0. The van der Waals surface area contributed by atoms with Crippen LogP contribution in [-0.4, -0.2) is 29.1 Å². The van der Waals surface area contributed by atoms with Crippen molar-refractivity contribution in [3.63, 3.8) is 0 Å². The Balaban J connectivity index is 2.87. The molecule has 0 spiro atoms. The van der Waals surface area contributed by atoms with Gasteiger partial charge < -0.3 is 5.73 Å². The lowest BCUT2D eigenvalue weighted by atomic mass is 10.3. The van der Waals surface area contributed by atoms with Crippen LogP contribution < -0.4 is 15.6 Å². The highest BCUT2D eigenvalue weighted by Crippen LogP contribution is 2.23. The lowest BCUT2D eigenvalue weighted by Crippen LogP contribution is -2.31. The first-order valence-electron chi connectivity index (χ1n) is 4.67. The Morgan fingerprint density at radius 2 is 1.83 bits per heavy atom. The average Bonchev–Trinajstić information content (AvgIpc) is 2.13. The number of hydrogen-bond donors (Lipinski definition) is 3. The first-order chi connectivity index (χ1) is 8.12. The van der Waals surface area contributed by atoms with Crippen LogP contribution in [0, 0.1) is 0 Å². The van der Waals surface area contributed by atoms with E-state index in [2.05, 4.69) is 4.72 Å². The van der Waals surface area contributed by atoms with Crippen molar-refractivity contribution in [2.75, 3.05) is 18.0 Å². The van der Waals surface area contributed by atoms with Gasteiger partial charge in [0.1, 0.15) is 4.90 Å². The molecule has 0 aromatic heterocycles. The lowest BCUT2D eigenvalue weighted by molar-refractivity contribution is 0.581. The molecule has 0 heterocycles. The van der Waals surface area contributed by atoms with Crippen molar-refractivity contribution in [3.05, 3.63) is 23.2 Å². The van der Waals surface area contributed by atoms with Gasteiger partial charge in [-0.05, 0) is 18.2 Å². The van der Waals surface area contributed by atoms with Gasteiger partial charge in [-0.3, -0.25) is 0 Å². The third-order valence-corrected chi connectivity index (χ3v) is 4.64. The van der Waals surface area contributed by atoms with Crippen LogP contribution in [0.1, 0.15) is 0 Å². The molecule has 1 aromatic rings. The molecule has 0 amide bonds. The lowest BCUT2D eigenvalue weighted by Gasteiger charge is -2.08. The molecule has 0 radical (unpaired) electrons. The number of hydrogen-bond acceptors (Lipinski definition) is 5. The minimum Gasteiger partial charge on any atom is -0.399 e. The number of halogens is 1. The zero-order valence-electron chi connectivity index (χ0n) is 9.13. The summed E-state index contributed by atoms with van der Waals surface area (Å²) < 4.78 is 47.0.